The van der Waals surface area contributed by atoms with Gasteiger partial charge in [-0.25, -0.2) is 0 Å². The molecule has 0 aliphatic heterocycles. The number of nitrogens with one attached hydrogen (secondary N) is 2. The Kier molecular flexibility index (Phi) is 3.24. The fourth-order valence-corrected chi connectivity index (χ4v) is 1.91. The molecule has 98 valence electrons. The van der Waals surface area contributed by atoms with E-state index in [4.69, 9.17) is 0 Å². The number of hydrogen-bond donors (Lipinski definition) is 2. The van der Waals surface area contributed by atoms with E-state index in [0.717, 1.165) is 5.69 Å². The molecule has 20 heavy (non-hydrogen) atoms. The molecule has 0 aliphatic rings. The van der Waals surface area contributed by atoms with Crippen molar-refractivity contribution in [3.63, 3.8) is 0 Å². The highest BCUT2D eigenvalue weighted by molar-refractivity contribution is 6.07. The maximum Gasteiger partial charge on any atom is 0.257 e. The number of carbonyl (C=O) groups excluding carboxylic acids is 1. The Morgan fingerprint density at radius 2 is 1.85 bits per heavy atom. The van der Waals surface area contributed by atoms with Crippen molar-refractivity contribution in [2.75, 3.05) is 5.32 Å². The molecule has 0 fully saturated rings. The Bertz CT molecular complexity index is 708. The maximum atomic E-state index is 12.3. The molecule has 0 radical (unpaired) electrons. The number of pyridine rings is 1. The van der Waals surface area contributed by atoms with Crippen LogP contribution < -0.4 is 5.32 Å². The van der Waals surface area contributed by atoms with Crippen molar-refractivity contribution in [3.05, 3.63) is 66.5 Å². The third-order valence-electron chi connectivity index (χ3n) is 2.84. The summed E-state index contributed by atoms with van der Waals surface area (Å²) in [5.41, 5.74) is 2.54. The van der Waals surface area contributed by atoms with Gasteiger partial charge in [0.1, 0.15) is 5.69 Å². The summed E-state index contributed by atoms with van der Waals surface area (Å²) in [5, 5.41) is 9.55. The van der Waals surface area contributed by atoms with Gasteiger partial charge in [-0.2, -0.15) is 5.10 Å². The van der Waals surface area contributed by atoms with Gasteiger partial charge in [-0.05, 0) is 30.3 Å². The first-order valence-corrected chi connectivity index (χ1v) is 6.16. The highest BCUT2D eigenvalue weighted by Crippen LogP contribution is 2.19. The summed E-state index contributed by atoms with van der Waals surface area (Å²) in [7, 11) is 0. The normalized spacial score (nSPS) is 10.2. The number of rotatable bonds is 3. The van der Waals surface area contributed by atoms with E-state index in [9.17, 15) is 4.79 Å². The Hall–Kier alpha value is -2.95. The zero-order chi connectivity index (χ0) is 13.8. The van der Waals surface area contributed by atoms with Gasteiger partial charge in [0, 0.05) is 18.1 Å². The van der Waals surface area contributed by atoms with Gasteiger partial charge < -0.3 is 5.32 Å². The van der Waals surface area contributed by atoms with Crippen LogP contribution in [0.4, 0.5) is 5.69 Å². The third kappa shape index (κ3) is 2.42. The number of aromatic amines is 1. The molecular formula is C15H12N4O. The summed E-state index contributed by atoms with van der Waals surface area (Å²) < 4.78 is 0. The van der Waals surface area contributed by atoms with Crippen LogP contribution in [0, 0.1) is 0 Å². The largest absolute Gasteiger partial charge is 0.322 e. The minimum absolute atomic E-state index is 0.200. The van der Waals surface area contributed by atoms with Crippen LogP contribution in [0.2, 0.25) is 0 Å². The lowest BCUT2D eigenvalue weighted by Gasteiger charge is -2.08. The summed E-state index contributed by atoms with van der Waals surface area (Å²) >= 11 is 0. The summed E-state index contributed by atoms with van der Waals surface area (Å²) in [5.74, 6) is -0.200. The molecule has 1 amide bonds. The molecule has 0 atom stereocenters. The lowest BCUT2D eigenvalue weighted by molar-refractivity contribution is 0.102. The summed E-state index contributed by atoms with van der Waals surface area (Å²) in [6.07, 6.45) is 3.28. The van der Waals surface area contributed by atoms with Gasteiger partial charge in [0.25, 0.3) is 5.91 Å². The number of carbonyl (C=O) groups is 1. The Morgan fingerprint density at radius 1 is 1.00 bits per heavy atom. The van der Waals surface area contributed by atoms with Crippen LogP contribution >= 0.6 is 0 Å². The van der Waals surface area contributed by atoms with Crippen LogP contribution in [0.1, 0.15) is 10.4 Å². The lowest BCUT2D eigenvalue weighted by atomic mass is 10.1. The number of nitrogens with zero attached hydrogens (tertiary/aromatic N) is 2. The van der Waals surface area contributed by atoms with Crippen molar-refractivity contribution >= 4 is 11.6 Å². The van der Waals surface area contributed by atoms with E-state index in [1.807, 2.05) is 30.3 Å². The minimum Gasteiger partial charge on any atom is -0.322 e. The monoisotopic (exact) mass is 264 g/mol. The van der Waals surface area contributed by atoms with Crippen molar-refractivity contribution < 1.29 is 4.79 Å². The van der Waals surface area contributed by atoms with Gasteiger partial charge in [0.15, 0.2) is 0 Å². The van der Waals surface area contributed by atoms with Crippen molar-refractivity contribution in [1.82, 2.24) is 15.2 Å². The maximum absolute atomic E-state index is 12.3. The first-order valence-electron chi connectivity index (χ1n) is 6.16. The summed E-state index contributed by atoms with van der Waals surface area (Å²) in [6.45, 7) is 0. The summed E-state index contributed by atoms with van der Waals surface area (Å²) in [4.78, 5) is 16.6. The number of benzene rings is 1. The van der Waals surface area contributed by atoms with E-state index < -0.39 is 0 Å². The summed E-state index contributed by atoms with van der Waals surface area (Å²) in [6, 6.07) is 14.6. The molecule has 0 unspecified atom stereocenters. The van der Waals surface area contributed by atoms with Gasteiger partial charge in [0.05, 0.1) is 11.3 Å². The molecule has 2 aromatic heterocycles. The van der Waals surface area contributed by atoms with Crippen LogP contribution in [0.3, 0.4) is 0 Å². The average Bonchev–Trinajstić information content (AvgIpc) is 3.02. The van der Waals surface area contributed by atoms with Crippen molar-refractivity contribution in [2.45, 2.75) is 0 Å². The number of anilines is 1. The zero-order valence-electron chi connectivity index (χ0n) is 10.6. The number of aromatic nitrogens is 3. The van der Waals surface area contributed by atoms with E-state index in [0.29, 0.717) is 17.0 Å². The second kappa shape index (κ2) is 5.36. The van der Waals surface area contributed by atoms with Gasteiger partial charge in [-0.3, -0.25) is 14.9 Å². The zero-order valence-corrected chi connectivity index (χ0v) is 10.6. The SMILES string of the molecule is O=C(Nc1ccccc1)c1cccnc1-c1ccn[nH]1. The van der Waals surface area contributed by atoms with E-state index >= 15 is 0 Å². The minimum atomic E-state index is -0.200. The Balaban J connectivity index is 1.93. The third-order valence-corrected chi connectivity index (χ3v) is 2.84. The fourth-order valence-electron chi connectivity index (χ4n) is 1.91. The molecule has 0 saturated carbocycles. The van der Waals surface area contributed by atoms with Gasteiger partial charge in [-0.1, -0.05) is 18.2 Å². The second-order valence-electron chi connectivity index (χ2n) is 4.19. The van der Waals surface area contributed by atoms with Crippen molar-refractivity contribution in [3.8, 4) is 11.4 Å². The van der Waals surface area contributed by atoms with Crippen LogP contribution in [0.25, 0.3) is 11.4 Å². The van der Waals surface area contributed by atoms with Crippen LogP contribution in [-0.2, 0) is 0 Å². The fraction of sp³-hybridized carbons (Fsp3) is 0. The number of H-pyrrole nitrogens is 1. The van der Waals surface area contributed by atoms with Crippen LogP contribution in [-0.4, -0.2) is 21.1 Å². The average molecular weight is 264 g/mol. The lowest BCUT2D eigenvalue weighted by Crippen LogP contribution is -2.13. The molecule has 2 N–H and O–H groups in total. The second-order valence-corrected chi connectivity index (χ2v) is 4.19. The predicted octanol–water partition coefficient (Wildman–Crippen LogP) is 2.72. The molecule has 3 aromatic rings. The van der Waals surface area contributed by atoms with Gasteiger partial charge in [-0.15, -0.1) is 0 Å². The van der Waals surface area contributed by atoms with E-state index in [2.05, 4.69) is 20.5 Å². The predicted molar refractivity (Wildman–Crippen MR) is 76.2 cm³/mol. The molecule has 5 nitrogen and oxygen atoms in total. The topological polar surface area (TPSA) is 70.7 Å². The number of amides is 1. The molecule has 0 saturated heterocycles. The van der Waals surface area contributed by atoms with E-state index in [1.54, 1.807) is 30.6 Å². The smallest absolute Gasteiger partial charge is 0.257 e. The molecule has 1 aromatic carbocycles. The van der Waals surface area contributed by atoms with Gasteiger partial charge >= 0.3 is 0 Å². The van der Waals surface area contributed by atoms with Crippen LogP contribution in [0.5, 0.6) is 0 Å². The van der Waals surface area contributed by atoms with Crippen molar-refractivity contribution in [2.24, 2.45) is 0 Å². The standard InChI is InChI=1S/C15H12N4O/c20-15(18-11-5-2-1-3-6-11)12-7-4-9-16-14(12)13-8-10-17-19-13/h1-10H,(H,17,19)(H,18,20). The Morgan fingerprint density at radius 3 is 2.60 bits per heavy atom. The number of hydrogen-bond acceptors (Lipinski definition) is 3. The molecular weight excluding hydrogens is 252 g/mol. The molecule has 2 heterocycles. The van der Waals surface area contributed by atoms with Crippen LogP contribution in [0.15, 0.2) is 60.9 Å². The molecule has 0 spiro atoms. The Labute approximate surface area is 115 Å². The van der Waals surface area contributed by atoms with Gasteiger partial charge in [0.2, 0.25) is 0 Å². The highest BCUT2D eigenvalue weighted by Gasteiger charge is 2.14. The first-order chi connectivity index (χ1) is 9.84. The number of para-hydroxylation sites is 1. The quantitative estimate of drug-likeness (QED) is 0.764. The molecule has 0 bridgehead atoms. The van der Waals surface area contributed by atoms with Crippen molar-refractivity contribution in [1.29, 1.82) is 0 Å². The highest BCUT2D eigenvalue weighted by atomic mass is 16.1. The van der Waals surface area contributed by atoms with E-state index in [-0.39, 0.29) is 5.91 Å². The van der Waals surface area contributed by atoms with E-state index in [1.165, 1.54) is 0 Å². The first kappa shape index (κ1) is 12.1. The molecule has 3 rings (SSSR count). The molecule has 5 heteroatoms. The molecule has 0 aliphatic carbocycles.